The molecule has 6 heteroatoms. The summed E-state index contributed by atoms with van der Waals surface area (Å²) in [5.41, 5.74) is 0.965. The minimum Gasteiger partial charge on any atom is -0.375 e. The van der Waals surface area contributed by atoms with Crippen LogP contribution in [0.3, 0.4) is 0 Å². The predicted octanol–water partition coefficient (Wildman–Crippen LogP) is 4.56. The summed E-state index contributed by atoms with van der Waals surface area (Å²) < 4.78 is 6.22. The predicted molar refractivity (Wildman–Crippen MR) is 113 cm³/mol. The fourth-order valence-corrected chi connectivity index (χ4v) is 5.69. The zero-order chi connectivity index (χ0) is 19.7. The number of ether oxygens (including phenoxy) is 1. The molecule has 154 valence electrons. The van der Waals surface area contributed by atoms with Crippen LogP contribution in [0.15, 0.2) is 18.2 Å². The van der Waals surface area contributed by atoms with Gasteiger partial charge in [0.05, 0.1) is 22.1 Å². The smallest absolute Gasteiger partial charge is 0.227 e. The molecular weight excluding hydrogens is 395 g/mol. The van der Waals surface area contributed by atoms with E-state index in [-0.39, 0.29) is 17.6 Å². The molecule has 1 aromatic carbocycles. The third-order valence-electron chi connectivity index (χ3n) is 6.95. The van der Waals surface area contributed by atoms with Crippen molar-refractivity contribution in [2.45, 2.75) is 69.1 Å². The molecule has 1 unspecified atom stereocenters. The van der Waals surface area contributed by atoms with E-state index in [1.165, 1.54) is 25.7 Å². The highest BCUT2D eigenvalue weighted by Gasteiger charge is 2.47. The first-order valence-corrected chi connectivity index (χ1v) is 11.3. The average Bonchev–Trinajstić information content (AvgIpc) is 3.37. The molecule has 0 N–H and O–H groups in total. The van der Waals surface area contributed by atoms with Crippen molar-refractivity contribution in [2.24, 2.45) is 0 Å². The number of benzene rings is 1. The van der Waals surface area contributed by atoms with Gasteiger partial charge in [0.2, 0.25) is 5.91 Å². The molecule has 1 aromatic rings. The van der Waals surface area contributed by atoms with E-state index in [1.807, 2.05) is 18.0 Å². The van der Waals surface area contributed by atoms with Gasteiger partial charge in [-0.1, -0.05) is 29.3 Å². The Labute approximate surface area is 178 Å². The molecule has 3 aliphatic rings. The number of amides is 1. The Balaban J connectivity index is 1.48. The number of likely N-dealkylation sites (N-methyl/N-ethyl adjacent to an activating group) is 1. The quantitative estimate of drug-likeness (QED) is 0.709. The standard InChI is InChI=1S/C22H30Cl2N2O2/c1-25(21(27)14-16-5-6-17(23)18(24)13-16)19-7-9-22(8-4-12-28-22)15-20(19)26-10-2-3-11-26/h5-6,13,19-20H,2-4,7-12,14-15H2,1H3/t19?,20-,22-/m0/s1. The Kier molecular flexibility index (Phi) is 6.22. The highest BCUT2D eigenvalue weighted by atomic mass is 35.5. The van der Waals surface area contributed by atoms with Crippen molar-refractivity contribution in [1.29, 1.82) is 0 Å². The Morgan fingerprint density at radius 3 is 2.68 bits per heavy atom. The van der Waals surface area contributed by atoms with Gasteiger partial charge >= 0.3 is 0 Å². The van der Waals surface area contributed by atoms with E-state index in [0.29, 0.717) is 22.5 Å². The maximum atomic E-state index is 13.1. The summed E-state index contributed by atoms with van der Waals surface area (Å²) >= 11 is 12.1. The lowest BCUT2D eigenvalue weighted by atomic mass is 9.76. The van der Waals surface area contributed by atoms with Crippen LogP contribution in [0, 0.1) is 0 Å². The second kappa shape index (κ2) is 8.51. The summed E-state index contributed by atoms with van der Waals surface area (Å²) in [7, 11) is 1.97. The molecule has 1 spiro atoms. The number of halogens is 2. The van der Waals surface area contributed by atoms with Crippen LogP contribution in [-0.4, -0.2) is 60.1 Å². The Morgan fingerprint density at radius 1 is 1.21 bits per heavy atom. The number of carbonyl (C=O) groups excluding carboxylic acids is 1. The number of nitrogens with zero attached hydrogens (tertiary/aromatic N) is 2. The highest BCUT2D eigenvalue weighted by molar-refractivity contribution is 6.42. The number of hydrogen-bond donors (Lipinski definition) is 0. The minimum atomic E-state index is 0.0529. The van der Waals surface area contributed by atoms with Crippen LogP contribution in [-0.2, 0) is 16.0 Å². The van der Waals surface area contributed by atoms with Gasteiger partial charge in [-0.15, -0.1) is 0 Å². The van der Waals surface area contributed by atoms with Gasteiger partial charge in [0.15, 0.2) is 0 Å². The Morgan fingerprint density at radius 2 is 2.00 bits per heavy atom. The molecule has 28 heavy (non-hydrogen) atoms. The second-order valence-corrected chi connectivity index (χ2v) is 9.50. The zero-order valence-corrected chi connectivity index (χ0v) is 18.1. The molecule has 0 radical (unpaired) electrons. The van der Waals surface area contributed by atoms with Crippen LogP contribution in [0.25, 0.3) is 0 Å². The SMILES string of the molecule is CN(C(=O)Cc1ccc(Cl)c(Cl)c1)C1CC[C@@]2(CCCO2)C[C@@H]1N1CCCC1. The molecule has 1 saturated carbocycles. The van der Waals surface area contributed by atoms with E-state index in [1.54, 1.807) is 12.1 Å². The monoisotopic (exact) mass is 424 g/mol. The van der Waals surface area contributed by atoms with Gasteiger partial charge in [-0.3, -0.25) is 9.69 Å². The highest BCUT2D eigenvalue weighted by Crippen LogP contribution is 2.43. The first-order valence-electron chi connectivity index (χ1n) is 10.6. The third kappa shape index (κ3) is 4.21. The molecule has 1 amide bonds. The van der Waals surface area contributed by atoms with Crippen molar-refractivity contribution in [3.63, 3.8) is 0 Å². The van der Waals surface area contributed by atoms with E-state index in [2.05, 4.69) is 4.90 Å². The molecule has 4 nitrogen and oxygen atoms in total. The molecule has 1 aliphatic carbocycles. The van der Waals surface area contributed by atoms with Crippen molar-refractivity contribution in [1.82, 2.24) is 9.80 Å². The molecule has 4 rings (SSSR count). The van der Waals surface area contributed by atoms with Crippen LogP contribution in [0.4, 0.5) is 0 Å². The van der Waals surface area contributed by atoms with Gasteiger partial charge in [0.1, 0.15) is 0 Å². The molecule has 0 aromatic heterocycles. The molecular formula is C22H30Cl2N2O2. The number of likely N-dealkylation sites (tertiary alicyclic amines) is 1. The summed E-state index contributed by atoms with van der Waals surface area (Å²) in [4.78, 5) is 17.7. The van der Waals surface area contributed by atoms with Crippen molar-refractivity contribution in [2.75, 3.05) is 26.7 Å². The van der Waals surface area contributed by atoms with Crippen molar-refractivity contribution < 1.29 is 9.53 Å². The summed E-state index contributed by atoms with van der Waals surface area (Å²) in [5.74, 6) is 0.149. The molecule has 2 heterocycles. The van der Waals surface area contributed by atoms with E-state index >= 15 is 0 Å². The van der Waals surface area contributed by atoms with Gasteiger partial charge in [-0.2, -0.15) is 0 Å². The van der Waals surface area contributed by atoms with Crippen LogP contribution < -0.4 is 0 Å². The maximum Gasteiger partial charge on any atom is 0.227 e. The average molecular weight is 425 g/mol. The topological polar surface area (TPSA) is 32.8 Å². The molecule has 2 saturated heterocycles. The van der Waals surface area contributed by atoms with Crippen molar-refractivity contribution >= 4 is 29.1 Å². The summed E-state index contributed by atoms with van der Waals surface area (Å²) in [6.07, 6.45) is 8.36. The minimum absolute atomic E-state index is 0.0529. The summed E-state index contributed by atoms with van der Waals surface area (Å²) in [6.45, 7) is 3.18. The van der Waals surface area contributed by atoms with Gasteiger partial charge in [-0.25, -0.2) is 0 Å². The number of carbonyl (C=O) groups is 1. The van der Waals surface area contributed by atoms with Crippen molar-refractivity contribution in [3.8, 4) is 0 Å². The van der Waals surface area contributed by atoms with Crippen LogP contribution in [0.2, 0.25) is 10.0 Å². The summed E-state index contributed by atoms with van der Waals surface area (Å²) in [6, 6.07) is 6.11. The van der Waals surface area contributed by atoms with Crippen LogP contribution >= 0.6 is 23.2 Å². The fraction of sp³-hybridized carbons (Fsp3) is 0.682. The Hall–Kier alpha value is -0.810. The molecule has 3 atom stereocenters. The lowest BCUT2D eigenvalue weighted by Gasteiger charge is -2.48. The Bertz CT molecular complexity index is 714. The van der Waals surface area contributed by atoms with Gasteiger partial charge < -0.3 is 9.64 Å². The maximum absolute atomic E-state index is 13.1. The van der Waals surface area contributed by atoms with E-state index in [0.717, 1.165) is 44.5 Å². The third-order valence-corrected chi connectivity index (χ3v) is 7.68. The van der Waals surface area contributed by atoms with Gasteiger partial charge in [-0.05, 0) is 75.7 Å². The van der Waals surface area contributed by atoms with Gasteiger partial charge in [0, 0.05) is 25.7 Å². The number of hydrogen-bond acceptors (Lipinski definition) is 3. The first kappa shape index (κ1) is 20.5. The zero-order valence-electron chi connectivity index (χ0n) is 16.6. The van der Waals surface area contributed by atoms with E-state index in [9.17, 15) is 4.79 Å². The van der Waals surface area contributed by atoms with E-state index < -0.39 is 0 Å². The second-order valence-electron chi connectivity index (χ2n) is 8.69. The lowest BCUT2D eigenvalue weighted by Crippen LogP contribution is -2.58. The first-order chi connectivity index (χ1) is 13.5. The van der Waals surface area contributed by atoms with Crippen LogP contribution in [0.1, 0.15) is 50.5 Å². The normalized spacial score (nSPS) is 30.8. The van der Waals surface area contributed by atoms with Gasteiger partial charge in [0.25, 0.3) is 0 Å². The lowest BCUT2D eigenvalue weighted by molar-refractivity contribution is -0.136. The summed E-state index contributed by atoms with van der Waals surface area (Å²) in [5, 5.41) is 1.03. The number of rotatable bonds is 4. The largest absolute Gasteiger partial charge is 0.375 e. The molecule has 2 aliphatic heterocycles. The van der Waals surface area contributed by atoms with Crippen LogP contribution in [0.5, 0.6) is 0 Å². The van der Waals surface area contributed by atoms with E-state index in [4.69, 9.17) is 27.9 Å². The molecule has 0 bridgehead atoms. The molecule has 3 fully saturated rings. The van der Waals surface area contributed by atoms with Crippen molar-refractivity contribution in [3.05, 3.63) is 33.8 Å². The fourth-order valence-electron chi connectivity index (χ4n) is 5.37.